The first-order chi connectivity index (χ1) is 7.90. The van der Waals surface area contributed by atoms with Crippen LogP contribution in [-0.2, 0) is 0 Å². The quantitative estimate of drug-likeness (QED) is 0.719. The van der Waals surface area contributed by atoms with E-state index in [1.54, 1.807) is 0 Å². The molecule has 0 aromatic heterocycles. The molecule has 0 amide bonds. The highest BCUT2D eigenvalue weighted by Crippen LogP contribution is 2.29. The van der Waals surface area contributed by atoms with Gasteiger partial charge in [-0.2, -0.15) is 5.26 Å². The fraction of sp³-hybridized carbons (Fsp3) is 0.267. The van der Waals surface area contributed by atoms with Gasteiger partial charge in [0, 0.05) is 0 Å². The van der Waals surface area contributed by atoms with Crippen molar-refractivity contribution in [2.24, 2.45) is 0 Å². The van der Waals surface area contributed by atoms with Gasteiger partial charge in [-0.25, -0.2) is 0 Å². The third-order valence-corrected chi connectivity index (χ3v) is 2.87. The van der Waals surface area contributed by atoms with Gasteiger partial charge in [-0.15, -0.1) is 0 Å². The van der Waals surface area contributed by atoms with Crippen LogP contribution >= 0.6 is 0 Å². The lowest BCUT2D eigenvalue weighted by atomic mass is 9.90. The summed E-state index contributed by atoms with van der Waals surface area (Å²) in [6, 6.07) is 12.7. The highest BCUT2D eigenvalue weighted by molar-refractivity contribution is 5.69. The molecule has 0 fully saturated rings. The summed E-state index contributed by atoms with van der Waals surface area (Å²) in [6.45, 7) is 0. The Morgan fingerprint density at radius 2 is 2.00 bits per heavy atom. The molecule has 0 saturated carbocycles. The number of benzene rings is 1. The Bertz CT molecular complexity index is 446. The van der Waals surface area contributed by atoms with Crippen molar-refractivity contribution in [1.29, 1.82) is 5.26 Å². The van der Waals surface area contributed by atoms with E-state index in [1.165, 1.54) is 23.1 Å². The maximum absolute atomic E-state index is 8.56. The summed E-state index contributed by atoms with van der Waals surface area (Å²) in [4.78, 5) is 0. The summed E-state index contributed by atoms with van der Waals surface area (Å²) < 4.78 is 0. The van der Waals surface area contributed by atoms with Crippen molar-refractivity contribution in [3.8, 4) is 6.07 Å². The summed E-state index contributed by atoms with van der Waals surface area (Å²) in [5.41, 5.74) is 4.02. The molecule has 80 valence electrons. The molecule has 0 bridgehead atoms. The molecule has 0 atom stereocenters. The van der Waals surface area contributed by atoms with Crippen molar-refractivity contribution in [3.05, 3.63) is 53.6 Å². The maximum Gasteiger partial charge on any atom is 0.0663 e. The van der Waals surface area contributed by atoms with Gasteiger partial charge in [-0.05, 0) is 30.4 Å². The minimum Gasteiger partial charge on any atom is -0.198 e. The Labute approximate surface area is 96.7 Å². The van der Waals surface area contributed by atoms with Crippen molar-refractivity contribution in [2.45, 2.75) is 25.7 Å². The van der Waals surface area contributed by atoms with Gasteiger partial charge in [-0.1, -0.05) is 48.1 Å². The van der Waals surface area contributed by atoms with Crippen molar-refractivity contribution in [3.63, 3.8) is 0 Å². The van der Waals surface area contributed by atoms with Crippen LogP contribution in [0.4, 0.5) is 0 Å². The van der Waals surface area contributed by atoms with Gasteiger partial charge in [0.25, 0.3) is 0 Å². The molecule has 0 heterocycles. The Hall–Kier alpha value is -1.81. The van der Waals surface area contributed by atoms with Crippen molar-refractivity contribution in [1.82, 2.24) is 0 Å². The van der Waals surface area contributed by atoms with Crippen LogP contribution in [0.1, 0.15) is 31.2 Å². The second-order valence-electron chi connectivity index (χ2n) is 4.03. The smallest absolute Gasteiger partial charge is 0.0663 e. The normalized spacial score (nSPS) is 17.9. The van der Waals surface area contributed by atoms with Gasteiger partial charge in [0.05, 0.1) is 12.5 Å². The van der Waals surface area contributed by atoms with Crippen LogP contribution in [0.5, 0.6) is 0 Å². The first-order valence-electron chi connectivity index (χ1n) is 5.72. The summed E-state index contributed by atoms with van der Waals surface area (Å²) in [6.07, 6.45) is 8.26. The topological polar surface area (TPSA) is 23.8 Å². The van der Waals surface area contributed by atoms with Gasteiger partial charge in [0.15, 0.2) is 0 Å². The van der Waals surface area contributed by atoms with E-state index in [1.807, 2.05) is 12.1 Å². The SMILES string of the molecule is N#CC/C=C1\C=C(c2ccccc2)CCC1. The standard InChI is InChI=1S/C15H15N/c16-11-5-7-13-6-4-10-15(12-13)14-8-2-1-3-9-14/h1-3,7-9,12H,4-6,10H2/b13-7-. The zero-order valence-corrected chi connectivity index (χ0v) is 9.32. The summed E-state index contributed by atoms with van der Waals surface area (Å²) in [5, 5.41) is 8.56. The van der Waals surface area contributed by atoms with Crippen molar-refractivity contribution in [2.75, 3.05) is 0 Å². The lowest BCUT2D eigenvalue weighted by Gasteiger charge is -2.15. The van der Waals surface area contributed by atoms with E-state index in [0.29, 0.717) is 6.42 Å². The molecule has 0 spiro atoms. The number of nitriles is 1. The molecule has 1 aliphatic rings. The van der Waals surface area contributed by atoms with E-state index in [0.717, 1.165) is 12.8 Å². The molecule has 1 heteroatoms. The fourth-order valence-electron chi connectivity index (χ4n) is 2.07. The summed E-state index contributed by atoms with van der Waals surface area (Å²) in [7, 11) is 0. The van der Waals surface area contributed by atoms with Crippen LogP contribution in [0.25, 0.3) is 5.57 Å². The molecule has 1 nitrogen and oxygen atoms in total. The number of hydrogen-bond donors (Lipinski definition) is 0. The average Bonchev–Trinajstić information content (AvgIpc) is 2.38. The Morgan fingerprint density at radius 1 is 1.19 bits per heavy atom. The van der Waals surface area contributed by atoms with Crippen LogP contribution in [0, 0.1) is 11.3 Å². The van der Waals surface area contributed by atoms with E-state index in [2.05, 4.69) is 36.4 Å². The Balaban J connectivity index is 2.23. The van der Waals surface area contributed by atoms with Crippen LogP contribution in [0.15, 0.2) is 48.1 Å². The third-order valence-electron chi connectivity index (χ3n) is 2.87. The van der Waals surface area contributed by atoms with Crippen LogP contribution in [0.3, 0.4) is 0 Å². The number of nitrogens with zero attached hydrogens (tertiary/aromatic N) is 1. The predicted octanol–water partition coefficient (Wildman–Crippen LogP) is 4.09. The average molecular weight is 209 g/mol. The highest BCUT2D eigenvalue weighted by atomic mass is 14.2. The molecular weight excluding hydrogens is 194 g/mol. The van der Waals surface area contributed by atoms with Gasteiger partial charge in [0.1, 0.15) is 0 Å². The van der Waals surface area contributed by atoms with Gasteiger partial charge in [0.2, 0.25) is 0 Å². The minimum atomic E-state index is 0.522. The molecule has 1 aromatic rings. The molecular formula is C15H15N. The highest BCUT2D eigenvalue weighted by Gasteiger charge is 2.08. The van der Waals surface area contributed by atoms with Crippen LogP contribution in [0.2, 0.25) is 0 Å². The molecule has 1 aromatic carbocycles. The second kappa shape index (κ2) is 5.32. The molecule has 2 rings (SSSR count). The third kappa shape index (κ3) is 2.61. The molecule has 0 aliphatic heterocycles. The van der Waals surface area contributed by atoms with E-state index in [4.69, 9.17) is 5.26 Å². The van der Waals surface area contributed by atoms with Crippen molar-refractivity contribution >= 4 is 5.57 Å². The number of rotatable bonds is 2. The predicted molar refractivity (Wildman–Crippen MR) is 66.6 cm³/mol. The molecule has 0 N–H and O–H groups in total. The van der Waals surface area contributed by atoms with Crippen LogP contribution in [-0.4, -0.2) is 0 Å². The minimum absolute atomic E-state index is 0.522. The molecule has 0 radical (unpaired) electrons. The maximum atomic E-state index is 8.56. The first-order valence-corrected chi connectivity index (χ1v) is 5.72. The molecule has 1 aliphatic carbocycles. The van der Waals surface area contributed by atoms with Gasteiger partial charge >= 0.3 is 0 Å². The largest absolute Gasteiger partial charge is 0.198 e. The van der Waals surface area contributed by atoms with E-state index < -0.39 is 0 Å². The van der Waals surface area contributed by atoms with E-state index >= 15 is 0 Å². The molecule has 0 saturated heterocycles. The number of allylic oxidation sites excluding steroid dienone is 4. The summed E-state index contributed by atoms with van der Waals surface area (Å²) in [5.74, 6) is 0. The van der Waals surface area contributed by atoms with Gasteiger partial charge in [-0.3, -0.25) is 0 Å². The lowest BCUT2D eigenvalue weighted by molar-refractivity contribution is 0.831. The zero-order chi connectivity index (χ0) is 11.2. The zero-order valence-electron chi connectivity index (χ0n) is 9.32. The molecule has 0 unspecified atom stereocenters. The lowest BCUT2D eigenvalue weighted by Crippen LogP contribution is -1.94. The van der Waals surface area contributed by atoms with Crippen molar-refractivity contribution < 1.29 is 0 Å². The van der Waals surface area contributed by atoms with Gasteiger partial charge < -0.3 is 0 Å². The van der Waals surface area contributed by atoms with Crippen LogP contribution < -0.4 is 0 Å². The second-order valence-corrected chi connectivity index (χ2v) is 4.03. The summed E-state index contributed by atoms with van der Waals surface area (Å²) >= 11 is 0. The fourth-order valence-corrected chi connectivity index (χ4v) is 2.07. The van der Waals surface area contributed by atoms with E-state index in [9.17, 15) is 0 Å². The monoisotopic (exact) mass is 209 g/mol. The Morgan fingerprint density at radius 3 is 2.75 bits per heavy atom. The molecule has 16 heavy (non-hydrogen) atoms. The number of hydrogen-bond acceptors (Lipinski definition) is 1. The Kier molecular flexibility index (Phi) is 3.56. The first kappa shape index (κ1) is 10.7. The van der Waals surface area contributed by atoms with E-state index in [-0.39, 0.29) is 0 Å².